The van der Waals surface area contributed by atoms with Crippen molar-refractivity contribution in [3.63, 3.8) is 0 Å². The van der Waals surface area contributed by atoms with E-state index in [-0.39, 0.29) is 0 Å². The number of aliphatic hydroxyl groups excluding tert-OH is 1. The molecule has 2 heteroatoms. The van der Waals surface area contributed by atoms with E-state index in [1.54, 1.807) is 0 Å². The zero-order valence-electron chi connectivity index (χ0n) is 11.5. The second-order valence-corrected chi connectivity index (χ2v) is 4.97. The maximum atomic E-state index is 8.84. The summed E-state index contributed by atoms with van der Waals surface area (Å²) in [7, 11) is 0. The Kier molecular flexibility index (Phi) is 11.3. The van der Waals surface area contributed by atoms with Gasteiger partial charge in [-0.1, -0.05) is 39.0 Å². The van der Waals surface area contributed by atoms with Gasteiger partial charge in [0.2, 0.25) is 0 Å². The molecule has 16 heavy (non-hydrogen) atoms. The summed E-state index contributed by atoms with van der Waals surface area (Å²) in [5.74, 6) is 0. The molecule has 0 unspecified atom stereocenters. The van der Waals surface area contributed by atoms with Crippen LogP contribution >= 0.6 is 0 Å². The van der Waals surface area contributed by atoms with Gasteiger partial charge in [-0.3, -0.25) is 0 Å². The Balaban J connectivity index is 3.44. The Labute approximate surface area is 102 Å². The number of nitrogens with zero attached hydrogens (tertiary/aromatic N) is 1. The molecule has 0 aromatic heterocycles. The summed E-state index contributed by atoms with van der Waals surface area (Å²) >= 11 is 0. The van der Waals surface area contributed by atoms with Crippen molar-refractivity contribution in [3.05, 3.63) is 0 Å². The molecule has 0 aromatic rings. The van der Waals surface area contributed by atoms with Crippen LogP contribution in [0.2, 0.25) is 0 Å². The Morgan fingerprint density at radius 3 is 2.00 bits per heavy atom. The highest BCUT2D eigenvalue weighted by Crippen LogP contribution is 2.08. The fourth-order valence-electron chi connectivity index (χ4n) is 2.00. The summed E-state index contributed by atoms with van der Waals surface area (Å²) in [6.07, 6.45) is 9.09. The molecule has 0 aromatic carbocycles. The van der Waals surface area contributed by atoms with Gasteiger partial charge >= 0.3 is 0 Å². The normalized spacial score (nSPS) is 11.6. The van der Waals surface area contributed by atoms with Crippen LogP contribution in [0.15, 0.2) is 0 Å². The van der Waals surface area contributed by atoms with E-state index >= 15 is 0 Å². The highest BCUT2D eigenvalue weighted by molar-refractivity contribution is 4.62. The average Bonchev–Trinajstić information content (AvgIpc) is 2.26. The molecule has 0 saturated carbocycles. The van der Waals surface area contributed by atoms with Gasteiger partial charge in [0.15, 0.2) is 0 Å². The summed E-state index contributed by atoms with van der Waals surface area (Å²) < 4.78 is 0. The van der Waals surface area contributed by atoms with Crippen LogP contribution in [0.3, 0.4) is 0 Å². The fourth-order valence-corrected chi connectivity index (χ4v) is 2.00. The van der Waals surface area contributed by atoms with Crippen molar-refractivity contribution in [1.29, 1.82) is 0 Å². The summed E-state index contributed by atoms with van der Waals surface area (Å²) in [6.45, 7) is 9.31. The zero-order valence-corrected chi connectivity index (χ0v) is 11.5. The molecule has 0 amide bonds. The lowest BCUT2D eigenvalue weighted by Gasteiger charge is -2.26. The van der Waals surface area contributed by atoms with Gasteiger partial charge in [-0.2, -0.15) is 0 Å². The Morgan fingerprint density at radius 1 is 0.875 bits per heavy atom. The number of unbranched alkanes of at least 4 members (excludes halogenated alkanes) is 5. The van der Waals surface area contributed by atoms with Crippen molar-refractivity contribution >= 4 is 0 Å². The van der Waals surface area contributed by atoms with E-state index in [0.717, 1.165) is 13.0 Å². The number of aliphatic hydroxyl groups is 1. The molecule has 0 fully saturated rings. The van der Waals surface area contributed by atoms with E-state index in [9.17, 15) is 0 Å². The van der Waals surface area contributed by atoms with Crippen molar-refractivity contribution in [1.82, 2.24) is 4.90 Å². The smallest absolute Gasteiger partial charge is 0.0443 e. The van der Waals surface area contributed by atoms with Crippen LogP contribution in [0.5, 0.6) is 0 Å². The SMILES string of the molecule is CCCCCCCCN(CCCO)C(C)C. The van der Waals surface area contributed by atoms with E-state index in [1.807, 2.05) is 0 Å². The first-order valence-electron chi connectivity index (χ1n) is 7.07. The molecule has 2 nitrogen and oxygen atoms in total. The van der Waals surface area contributed by atoms with Crippen LogP contribution in [0, 0.1) is 0 Å². The third-order valence-corrected chi connectivity index (χ3v) is 3.13. The van der Waals surface area contributed by atoms with Crippen molar-refractivity contribution in [2.75, 3.05) is 19.7 Å². The van der Waals surface area contributed by atoms with Crippen molar-refractivity contribution in [2.45, 2.75) is 71.8 Å². The predicted octanol–water partition coefficient (Wildman–Crippen LogP) is 3.44. The number of hydrogen-bond donors (Lipinski definition) is 1. The first kappa shape index (κ1) is 15.9. The molecular formula is C14H31NO. The second-order valence-electron chi connectivity index (χ2n) is 4.97. The minimum Gasteiger partial charge on any atom is -0.396 e. The van der Waals surface area contributed by atoms with Gasteiger partial charge in [0, 0.05) is 19.2 Å². The molecule has 0 aliphatic rings. The molecule has 0 aliphatic carbocycles. The molecule has 0 saturated heterocycles. The molecule has 98 valence electrons. The first-order valence-corrected chi connectivity index (χ1v) is 7.07. The van der Waals surface area contributed by atoms with E-state index in [2.05, 4.69) is 25.7 Å². The minimum absolute atomic E-state index is 0.319. The molecule has 0 rings (SSSR count). The highest BCUT2D eigenvalue weighted by atomic mass is 16.3. The monoisotopic (exact) mass is 229 g/mol. The standard InChI is InChI=1S/C14H31NO/c1-4-5-6-7-8-9-11-15(14(2)3)12-10-13-16/h14,16H,4-13H2,1-3H3. The molecular weight excluding hydrogens is 198 g/mol. The van der Waals surface area contributed by atoms with E-state index in [0.29, 0.717) is 12.6 Å². The summed E-state index contributed by atoms with van der Waals surface area (Å²) in [5, 5.41) is 8.84. The maximum Gasteiger partial charge on any atom is 0.0443 e. The topological polar surface area (TPSA) is 23.5 Å². The lowest BCUT2D eigenvalue weighted by atomic mass is 10.1. The minimum atomic E-state index is 0.319. The summed E-state index contributed by atoms with van der Waals surface area (Å²) in [6, 6.07) is 0.613. The van der Waals surface area contributed by atoms with Gasteiger partial charge < -0.3 is 10.0 Å². The summed E-state index contributed by atoms with van der Waals surface area (Å²) in [5.41, 5.74) is 0. The molecule has 0 bridgehead atoms. The van der Waals surface area contributed by atoms with E-state index in [1.165, 1.54) is 45.1 Å². The van der Waals surface area contributed by atoms with Crippen LogP contribution in [0.1, 0.15) is 65.7 Å². The lowest BCUT2D eigenvalue weighted by molar-refractivity contribution is 0.188. The molecule has 0 atom stereocenters. The Bertz CT molecular complexity index is 137. The zero-order chi connectivity index (χ0) is 12.2. The fraction of sp³-hybridized carbons (Fsp3) is 1.00. The number of rotatable bonds is 11. The third kappa shape index (κ3) is 9.17. The quantitative estimate of drug-likeness (QED) is 0.549. The lowest BCUT2D eigenvalue weighted by Crippen LogP contribution is -2.33. The largest absolute Gasteiger partial charge is 0.396 e. The highest BCUT2D eigenvalue weighted by Gasteiger charge is 2.07. The van der Waals surface area contributed by atoms with Gasteiger partial charge in [0.25, 0.3) is 0 Å². The molecule has 0 spiro atoms. The van der Waals surface area contributed by atoms with Crippen LogP contribution < -0.4 is 0 Å². The van der Waals surface area contributed by atoms with E-state index in [4.69, 9.17) is 5.11 Å². The van der Waals surface area contributed by atoms with Crippen molar-refractivity contribution < 1.29 is 5.11 Å². The first-order chi connectivity index (χ1) is 7.72. The molecule has 1 N–H and O–H groups in total. The van der Waals surface area contributed by atoms with Crippen LogP contribution in [-0.2, 0) is 0 Å². The molecule has 0 radical (unpaired) electrons. The second kappa shape index (κ2) is 11.4. The molecule has 0 aliphatic heterocycles. The van der Waals surface area contributed by atoms with Gasteiger partial charge in [-0.05, 0) is 33.2 Å². The van der Waals surface area contributed by atoms with Gasteiger partial charge in [0.1, 0.15) is 0 Å². The Morgan fingerprint density at radius 2 is 1.44 bits per heavy atom. The number of hydrogen-bond acceptors (Lipinski definition) is 2. The van der Waals surface area contributed by atoms with Gasteiger partial charge in [-0.25, -0.2) is 0 Å². The molecule has 0 heterocycles. The van der Waals surface area contributed by atoms with Crippen molar-refractivity contribution in [2.24, 2.45) is 0 Å². The van der Waals surface area contributed by atoms with Crippen LogP contribution in [-0.4, -0.2) is 35.7 Å². The van der Waals surface area contributed by atoms with E-state index < -0.39 is 0 Å². The summed E-state index contributed by atoms with van der Waals surface area (Å²) in [4.78, 5) is 2.48. The van der Waals surface area contributed by atoms with Crippen molar-refractivity contribution in [3.8, 4) is 0 Å². The maximum absolute atomic E-state index is 8.84. The van der Waals surface area contributed by atoms with Crippen LogP contribution in [0.4, 0.5) is 0 Å². The Hall–Kier alpha value is -0.0800. The van der Waals surface area contributed by atoms with Gasteiger partial charge in [0.05, 0.1) is 0 Å². The third-order valence-electron chi connectivity index (χ3n) is 3.13. The predicted molar refractivity (Wildman–Crippen MR) is 71.8 cm³/mol. The van der Waals surface area contributed by atoms with Crippen LogP contribution in [0.25, 0.3) is 0 Å². The van der Waals surface area contributed by atoms with Gasteiger partial charge in [-0.15, -0.1) is 0 Å². The average molecular weight is 229 g/mol.